The number of rotatable bonds is 8. The molecule has 1 amide bonds. The van der Waals surface area contributed by atoms with Gasteiger partial charge in [-0.3, -0.25) is 14.4 Å². The van der Waals surface area contributed by atoms with Crippen molar-refractivity contribution in [2.75, 3.05) is 12.4 Å². The number of esters is 2. The molecule has 0 fully saturated rings. The van der Waals surface area contributed by atoms with E-state index in [9.17, 15) is 24.0 Å². The lowest BCUT2D eigenvalue weighted by atomic mass is 9.82. The first-order valence-corrected chi connectivity index (χ1v) is 12.4. The van der Waals surface area contributed by atoms with Crippen LogP contribution in [0.4, 0.5) is 5.69 Å². The van der Waals surface area contributed by atoms with Crippen molar-refractivity contribution in [1.82, 2.24) is 0 Å². The molecule has 0 saturated heterocycles. The van der Waals surface area contributed by atoms with Gasteiger partial charge in [0.1, 0.15) is 12.0 Å². The van der Waals surface area contributed by atoms with Crippen molar-refractivity contribution < 1.29 is 33.4 Å². The Kier molecular flexibility index (Phi) is 7.33. The number of nitrogens with one attached hydrogen (secondary N) is 1. The summed E-state index contributed by atoms with van der Waals surface area (Å²) in [7, 11) is 1.19. The van der Waals surface area contributed by atoms with Crippen LogP contribution in [0.5, 0.6) is 0 Å². The molecule has 0 aromatic heterocycles. The maximum absolute atomic E-state index is 14.2. The maximum atomic E-state index is 14.2. The summed E-state index contributed by atoms with van der Waals surface area (Å²) in [6.07, 6.45) is -1.32. The van der Waals surface area contributed by atoms with Crippen molar-refractivity contribution in [3.8, 4) is 11.1 Å². The van der Waals surface area contributed by atoms with Crippen molar-refractivity contribution in [1.29, 1.82) is 0 Å². The lowest BCUT2D eigenvalue weighted by Crippen LogP contribution is -2.38. The van der Waals surface area contributed by atoms with Crippen molar-refractivity contribution >= 4 is 35.1 Å². The highest BCUT2D eigenvalue weighted by Crippen LogP contribution is 2.39. The molecule has 1 aliphatic rings. The number of Topliss-reactive ketones (excluding diaryl/α,β-unsaturated/α-hetero) is 2. The van der Waals surface area contributed by atoms with Gasteiger partial charge in [-0.05, 0) is 29.3 Å². The normalized spacial score (nSPS) is 14.4. The number of carbonyl (C=O) groups is 5. The molecule has 8 heteroatoms. The summed E-state index contributed by atoms with van der Waals surface area (Å²) < 4.78 is 10.3. The summed E-state index contributed by atoms with van der Waals surface area (Å²) >= 11 is 0. The minimum atomic E-state index is -1.69. The van der Waals surface area contributed by atoms with E-state index in [1.54, 1.807) is 54.6 Å². The minimum Gasteiger partial charge on any atom is -0.465 e. The molecule has 0 radical (unpaired) electrons. The average molecular weight is 534 g/mol. The Morgan fingerprint density at radius 3 is 2.08 bits per heavy atom. The van der Waals surface area contributed by atoms with Gasteiger partial charge >= 0.3 is 11.9 Å². The summed E-state index contributed by atoms with van der Waals surface area (Å²) in [6, 6.07) is 28.3. The average Bonchev–Trinajstić information content (AvgIpc) is 3.33. The number of hydrogen-bond acceptors (Lipinski definition) is 7. The number of anilines is 1. The van der Waals surface area contributed by atoms with Crippen molar-refractivity contribution in [3.63, 3.8) is 0 Å². The number of amides is 1. The Morgan fingerprint density at radius 2 is 1.35 bits per heavy atom. The van der Waals surface area contributed by atoms with Crippen LogP contribution in [0, 0.1) is 5.92 Å². The number of ether oxygens (including phenoxy) is 2. The van der Waals surface area contributed by atoms with E-state index in [1.165, 1.54) is 25.3 Å². The molecule has 0 bridgehead atoms. The van der Waals surface area contributed by atoms with Gasteiger partial charge in [-0.25, -0.2) is 9.59 Å². The number of para-hydroxylation sites is 1. The van der Waals surface area contributed by atoms with E-state index in [2.05, 4.69) is 5.32 Å². The van der Waals surface area contributed by atoms with Crippen LogP contribution in [0.2, 0.25) is 0 Å². The third-order valence-corrected chi connectivity index (χ3v) is 6.67. The Hall–Kier alpha value is -5.37. The van der Waals surface area contributed by atoms with Gasteiger partial charge in [0, 0.05) is 11.1 Å². The number of fused-ring (bicyclic) bond motifs is 1. The molecule has 0 saturated carbocycles. The molecule has 8 nitrogen and oxygen atoms in total. The minimum absolute atomic E-state index is 0.0288. The van der Waals surface area contributed by atoms with E-state index in [0.717, 1.165) is 5.56 Å². The van der Waals surface area contributed by atoms with Crippen LogP contribution in [0.25, 0.3) is 11.1 Å². The fourth-order valence-corrected chi connectivity index (χ4v) is 4.76. The largest absolute Gasteiger partial charge is 0.465 e. The van der Waals surface area contributed by atoms with E-state index >= 15 is 0 Å². The predicted molar refractivity (Wildman–Crippen MR) is 146 cm³/mol. The summed E-state index contributed by atoms with van der Waals surface area (Å²) in [5, 5.41) is 2.44. The standard InChI is InChI=1S/C32H23NO7/c1-39-31(37)24-17-9-10-18-25(24)33-30(36)28(35)26(29-22-15-7-8-16-23(22)32(38)40-29)27(34)21-14-6-5-13-20(21)19-11-3-2-4-12-19/h2-18,26,29H,1H3,(H,33,36). The van der Waals surface area contributed by atoms with Gasteiger partial charge < -0.3 is 14.8 Å². The molecule has 2 atom stereocenters. The third kappa shape index (κ3) is 4.90. The molecule has 2 unspecified atom stereocenters. The first kappa shape index (κ1) is 26.2. The predicted octanol–water partition coefficient (Wildman–Crippen LogP) is 5.06. The van der Waals surface area contributed by atoms with Crippen molar-refractivity contribution in [3.05, 3.63) is 125 Å². The fourth-order valence-electron chi connectivity index (χ4n) is 4.76. The van der Waals surface area contributed by atoms with Crippen molar-refractivity contribution in [2.24, 2.45) is 5.92 Å². The highest BCUT2D eigenvalue weighted by molar-refractivity contribution is 6.45. The number of methoxy groups -OCH3 is 1. The first-order chi connectivity index (χ1) is 19.4. The van der Waals surface area contributed by atoms with Gasteiger partial charge in [0.05, 0.1) is 23.9 Å². The molecule has 1 heterocycles. The van der Waals surface area contributed by atoms with Gasteiger partial charge in [0.25, 0.3) is 5.91 Å². The molecule has 1 N–H and O–H groups in total. The topological polar surface area (TPSA) is 116 Å². The SMILES string of the molecule is COC(=O)c1ccccc1NC(=O)C(=O)C(C(=O)c1ccccc1-c1ccccc1)C1OC(=O)c2ccccc21. The third-order valence-electron chi connectivity index (χ3n) is 6.67. The van der Waals surface area contributed by atoms with Crippen LogP contribution in [-0.2, 0) is 19.1 Å². The molecule has 5 rings (SSSR count). The summed E-state index contributed by atoms with van der Waals surface area (Å²) in [5.74, 6) is -6.06. The zero-order valence-corrected chi connectivity index (χ0v) is 21.3. The Balaban J connectivity index is 1.57. The number of benzene rings is 4. The van der Waals surface area contributed by atoms with Gasteiger partial charge in [0.2, 0.25) is 5.78 Å². The van der Waals surface area contributed by atoms with Crippen molar-refractivity contribution in [2.45, 2.75) is 6.10 Å². The lowest BCUT2D eigenvalue weighted by Gasteiger charge is -2.22. The number of cyclic esters (lactones) is 1. The quantitative estimate of drug-likeness (QED) is 0.146. The number of hydrogen-bond donors (Lipinski definition) is 1. The van der Waals surface area contributed by atoms with E-state index in [0.29, 0.717) is 11.1 Å². The molecule has 0 spiro atoms. The molecule has 40 heavy (non-hydrogen) atoms. The van der Waals surface area contributed by atoms with E-state index in [-0.39, 0.29) is 22.4 Å². The molecule has 4 aromatic carbocycles. The zero-order valence-electron chi connectivity index (χ0n) is 21.3. The van der Waals surface area contributed by atoms with Crippen LogP contribution in [0.15, 0.2) is 103 Å². The number of ketones is 2. The zero-order chi connectivity index (χ0) is 28.2. The first-order valence-electron chi connectivity index (χ1n) is 12.4. The van der Waals surface area contributed by atoms with E-state index in [4.69, 9.17) is 9.47 Å². The van der Waals surface area contributed by atoms with Crippen LogP contribution < -0.4 is 5.32 Å². The summed E-state index contributed by atoms with van der Waals surface area (Å²) in [6.45, 7) is 0. The van der Waals surface area contributed by atoms with Crippen LogP contribution >= 0.6 is 0 Å². The van der Waals surface area contributed by atoms with E-state index in [1.807, 2.05) is 30.3 Å². The highest BCUT2D eigenvalue weighted by Gasteiger charge is 2.46. The molecule has 4 aromatic rings. The molecule has 198 valence electrons. The molecular formula is C32H23NO7. The fraction of sp³-hybridized carbons (Fsp3) is 0.0938. The van der Waals surface area contributed by atoms with Crippen LogP contribution in [-0.4, -0.2) is 36.5 Å². The van der Waals surface area contributed by atoms with Crippen LogP contribution in [0.3, 0.4) is 0 Å². The molecular weight excluding hydrogens is 510 g/mol. The highest BCUT2D eigenvalue weighted by atomic mass is 16.6. The molecule has 0 aliphatic carbocycles. The second-order valence-electron chi connectivity index (χ2n) is 9.02. The Labute approximate surface area is 229 Å². The van der Waals surface area contributed by atoms with Gasteiger partial charge in [-0.2, -0.15) is 0 Å². The smallest absolute Gasteiger partial charge is 0.339 e. The Bertz CT molecular complexity index is 1640. The molecule has 1 aliphatic heterocycles. The maximum Gasteiger partial charge on any atom is 0.339 e. The monoisotopic (exact) mass is 533 g/mol. The summed E-state index contributed by atoms with van der Waals surface area (Å²) in [4.78, 5) is 66.2. The van der Waals surface area contributed by atoms with Gasteiger partial charge in [0.15, 0.2) is 5.78 Å². The summed E-state index contributed by atoms with van der Waals surface area (Å²) in [5.41, 5.74) is 2.09. The van der Waals surface area contributed by atoms with Gasteiger partial charge in [-0.15, -0.1) is 0 Å². The van der Waals surface area contributed by atoms with Gasteiger partial charge in [-0.1, -0.05) is 84.9 Å². The van der Waals surface area contributed by atoms with Crippen LogP contribution in [0.1, 0.15) is 42.7 Å². The number of carbonyl (C=O) groups excluding carboxylic acids is 5. The lowest BCUT2D eigenvalue weighted by molar-refractivity contribution is -0.138. The Morgan fingerprint density at radius 1 is 0.750 bits per heavy atom. The van der Waals surface area contributed by atoms with E-state index < -0.39 is 41.4 Å². The second-order valence-corrected chi connectivity index (χ2v) is 9.02. The second kappa shape index (κ2) is 11.2.